The first-order valence-electron chi connectivity index (χ1n) is 7.93. The van der Waals surface area contributed by atoms with Gasteiger partial charge in [-0.1, -0.05) is 30.3 Å². The third-order valence-electron chi connectivity index (χ3n) is 4.07. The van der Waals surface area contributed by atoms with Gasteiger partial charge in [-0.15, -0.1) is 0 Å². The highest BCUT2D eigenvalue weighted by Crippen LogP contribution is 2.26. The van der Waals surface area contributed by atoms with Gasteiger partial charge in [0.2, 0.25) is 0 Å². The molecule has 3 amide bonds. The Hall–Kier alpha value is -3.48. The summed E-state index contributed by atoms with van der Waals surface area (Å²) in [6.07, 6.45) is -1.09. The molecule has 26 heavy (non-hydrogen) atoms. The average Bonchev–Trinajstić information content (AvgIpc) is 2.87. The lowest BCUT2D eigenvalue weighted by molar-refractivity contribution is -0.125. The number of esters is 1. The molecule has 1 aliphatic rings. The SMILES string of the molecule is C[C@H](OC(=O)c1ccc2c(c1)C(=O)N(Cc1ccccc1)C2=O)C(N)=O. The van der Waals surface area contributed by atoms with E-state index in [0.29, 0.717) is 0 Å². The summed E-state index contributed by atoms with van der Waals surface area (Å²) < 4.78 is 4.92. The van der Waals surface area contributed by atoms with Gasteiger partial charge in [-0.05, 0) is 30.7 Å². The molecule has 1 aliphatic heterocycles. The largest absolute Gasteiger partial charge is 0.449 e. The van der Waals surface area contributed by atoms with E-state index in [9.17, 15) is 19.2 Å². The minimum Gasteiger partial charge on any atom is -0.449 e. The molecular weight excluding hydrogens is 336 g/mol. The summed E-state index contributed by atoms with van der Waals surface area (Å²) in [6.45, 7) is 1.50. The van der Waals surface area contributed by atoms with Crippen LogP contribution in [0.4, 0.5) is 0 Å². The average molecular weight is 352 g/mol. The van der Waals surface area contributed by atoms with Crippen LogP contribution in [-0.2, 0) is 16.1 Å². The number of imide groups is 1. The van der Waals surface area contributed by atoms with Gasteiger partial charge in [-0.3, -0.25) is 19.3 Å². The van der Waals surface area contributed by atoms with Gasteiger partial charge in [0, 0.05) is 0 Å². The Morgan fingerprint density at radius 3 is 2.35 bits per heavy atom. The van der Waals surface area contributed by atoms with Crippen molar-refractivity contribution in [3.8, 4) is 0 Å². The number of benzene rings is 2. The Morgan fingerprint density at radius 1 is 1.04 bits per heavy atom. The molecule has 1 atom stereocenters. The number of hydrogen-bond acceptors (Lipinski definition) is 5. The van der Waals surface area contributed by atoms with E-state index in [-0.39, 0.29) is 23.2 Å². The number of primary amides is 1. The van der Waals surface area contributed by atoms with Crippen molar-refractivity contribution in [1.82, 2.24) is 4.90 Å². The highest BCUT2D eigenvalue weighted by Gasteiger charge is 2.36. The number of hydrogen-bond donors (Lipinski definition) is 1. The van der Waals surface area contributed by atoms with Crippen molar-refractivity contribution in [2.24, 2.45) is 5.73 Å². The van der Waals surface area contributed by atoms with Crippen LogP contribution in [0.25, 0.3) is 0 Å². The highest BCUT2D eigenvalue weighted by molar-refractivity contribution is 6.21. The van der Waals surface area contributed by atoms with Crippen molar-refractivity contribution in [1.29, 1.82) is 0 Å². The molecule has 2 N–H and O–H groups in total. The molecular formula is C19H16N2O5. The molecule has 1 heterocycles. The molecule has 7 nitrogen and oxygen atoms in total. The van der Waals surface area contributed by atoms with Gasteiger partial charge in [0.05, 0.1) is 23.2 Å². The van der Waals surface area contributed by atoms with Gasteiger partial charge in [-0.25, -0.2) is 4.79 Å². The Labute approximate surface area is 149 Å². The number of nitrogens with two attached hydrogens (primary N) is 1. The Morgan fingerprint density at radius 2 is 1.69 bits per heavy atom. The molecule has 2 aromatic rings. The second-order valence-corrected chi connectivity index (χ2v) is 5.89. The molecule has 2 aromatic carbocycles. The number of ether oxygens (including phenoxy) is 1. The summed E-state index contributed by atoms with van der Waals surface area (Å²) in [5, 5.41) is 0. The topological polar surface area (TPSA) is 107 Å². The van der Waals surface area contributed by atoms with Gasteiger partial charge in [0.25, 0.3) is 17.7 Å². The first kappa shape index (κ1) is 17.3. The lowest BCUT2D eigenvalue weighted by atomic mass is 10.1. The molecule has 3 rings (SSSR count). The molecule has 0 radical (unpaired) electrons. The minimum absolute atomic E-state index is 0.0690. The van der Waals surface area contributed by atoms with Crippen molar-refractivity contribution in [2.45, 2.75) is 19.6 Å². The lowest BCUT2D eigenvalue weighted by Crippen LogP contribution is -2.30. The van der Waals surface area contributed by atoms with E-state index in [4.69, 9.17) is 10.5 Å². The minimum atomic E-state index is -1.09. The van der Waals surface area contributed by atoms with Gasteiger partial charge in [0.1, 0.15) is 0 Å². The van der Waals surface area contributed by atoms with Crippen LogP contribution in [0.3, 0.4) is 0 Å². The first-order chi connectivity index (χ1) is 12.4. The summed E-state index contributed by atoms with van der Waals surface area (Å²) in [7, 11) is 0. The van der Waals surface area contributed by atoms with E-state index in [0.717, 1.165) is 10.5 Å². The summed E-state index contributed by atoms with van der Waals surface area (Å²) in [5.41, 5.74) is 6.31. The summed E-state index contributed by atoms with van der Waals surface area (Å²) in [5.74, 6) is -2.47. The molecule has 0 unspecified atom stereocenters. The fourth-order valence-electron chi connectivity index (χ4n) is 2.61. The van der Waals surface area contributed by atoms with Crippen LogP contribution in [-0.4, -0.2) is 34.7 Å². The van der Waals surface area contributed by atoms with Crippen LogP contribution in [0.15, 0.2) is 48.5 Å². The number of carbonyl (C=O) groups is 4. The maximum absolute atomic E-state index is 12.6. The third kappa shape index (κ3) is 3.19. The molecule has 0 saturated heterocycles. The van der Waals surface area contributed by atoms with Crippen LogP contribution in [0.5, 0.6) is 0 Å². The quantitative estimate of drug-likeness (QED) is 0.648. The first-order valence-corrected chi connectivity index (χ1v) is 7.93. The van der Waals surface area contributed by atoms with Gasteiger partial charge < -0.3 is 10.5 Å². The molecule has 7 heteroatoms. The summed E-state index contributed by atoms with van der Waals surface area (Å²) in [4.78, 5) is 49.3. The molecule has 132 valence electrons. The van der Waals surface area contributed by atoms with Crippen molar-refractivity contribution in [3.05, 3.63) is 70.8 Å². The van der Waals surface area contributed by atoms with Crippen molar-refractivity contribution >= 4 is 23.7 Å². The summed E-state index contributed by atoms with van der Waals surface area (Å²) >= 11 is 0. The lowest BCUT2D eigenvalue weighted by Gasteiger charge is -2.13. The number of carbonyl (C=O) groups excluding carboxylic acids is 4. The fraction of sp³-hybridized carbons (Fsp3) is 0.158. The second-order valence-electron chi connectivity index (χ2n) is 5.89. The number of amides is 3. The maximum atomic E-state index is 12.6. The smallest absolute Gasteiger partial charge is 0.338 e. The molecule has 0 fully saturated rings. The third-order valence-corrected chi connectivity index (χ3v) is 4.07. The van der Waals surface area contributed by atoms with Crippen LogP contribution in [0, 0.1) is 0 Å². The van der Waals surface area contributed by atoms with Gasteiger partial charge >= 0.3 is 5.97 Å². The zero-order valence-electron chi connectivity index (χ0n) is 14.0. The predicted molar refractivity (Wildman–Crippen MR) is 91.2 cm³/mol. The number of rotatable bonds is 5. The highest BCUT2D eigenvalue weighted by atomic mass is 16.5. The van der Waals surface area contributed by atoms with E-state index in [2.05, 4.69) is 0 Å². The molecule has 0 saturated carbocycles. The molecule has 0 bridgehead atoms. The molecule has 0 aromatic heterocycles. The van der Waals surface area contributed by atoms with E-state index < -0.39 is 29.8 Å². The van der Waals surface area contributed by atoms with Crippen LogP contribution < -0.4 is 5.73 Å². The van der Waals surface area contributed by atoms with Crippen molar-refractivity contribution < 1.29 is 23.9 Å². The van der Waals surface area contributed by atoms with Gasteiger partial charge in [-0.2, -0.15) is 0 Å². The van der Waals surface area contributed by atoms with Crippen LogP contribution in [0.2, 0.25) is 0 Å². The number of fused-ring (bicyclic) bond motifs is 1. The van der Waals surface area contributed by atoms with E-state index >= 15 is 0 Å². The van der Waals surface area contributed by atoms with Gasteiger partial charge in [0.15, 0.2) is 6.10 Å². The molecule has 0 aliphatic carbocycles. The fourth-order valence-corrected chi connectivity index (χ4v) is 2.61. The van der Waals surface area contributed by atoms with Crippen molar-refractivity contribution in [2.75, 3.05) is 0 Å². The Bertz CT molecular complexity index is 907. The Balaban J connectivity index is 1.83. The zero-order chi connectivity index (χ0) is 18.8. The van der Waals surface area contributed by atoms with Crippen LogP contribution in [0.1, 0.15) is 43.6 Å². The van der Waals surface area contributed by atoms with Crippen LogP contribution >= 0.6 is 0 Å². The van der Waals surface area contributed by atoms with E-state index in [1.807, 2.05) is 30.3 Å². The van der Waals surface area contributed by atoms with E-state index in [1.165, 1.54) is 25.1 Å². The Kier molecular flexibility index (Phi) is 4.53. The normalized spacial score (nSPS) is 14.1. The standard InChI is InChI=1S/C19H16N2O5/c1-11(16(20)22)26-19(25)13-7-8-14-15(9-13)18(24)21(17(14)23)10-12-5-3-2-4-6-12/h2-9,11H,10H2,1H3,(H2,20,22)/t11-/m0/s1. The summed E-state index contributed by atoms with van der Waals surface area (Å²) in [6, 6.07) is 13.2. The maximum Gasteiger partial charge on any atom is 0.338 e. The van der Waals surface area contributed by atoms with Crippen molar-refractivity contribution in [3.63, 3.8) is 0 Å². The zero-order valence-corrected chi connectivity index (χ0v) is 14.0. The second kappa shape index (κ2) is 6.79. The monoisotopic (exact) mass is 352 g/mol. The number of nitrogens with zero attached hydrogens (tertiary/aromatic N) is 1. The van der Waals surface area contributed by atoms with E-state index in [1.54, 1.807) is 0 Å². The molecule has 0 spiro atoms. The predicted octanol–water partition coefficient (Wildman–Crippen LogP) is 1.51.